The van der Waals surface area contributed by atoms with Crippen LogP contribution in [0.4, 0.5) is 35.1 Å². The number of alkyl halides is 8. The number of carbonyl (C=O) groups is 1. The smallest absolute Gasteiger partial charge is 0.457 e. The molecule has 0 saturated carbocycles. The van der Waals surface area contributed by atoms with Crippen LogP contribution in [0.3, 0.4) is 0 Å². The van der Waals surface area contributed by atoms with Gasteiger partial charge in [-0.15, -0.1) is 0 Å². The third kappa shape index (κ3) is 8.24. The van der Waals surface area contributed by atoms with Crippen molar-refractivity contribution < 1.29 is 62.4 Å². The van der Waals surface area contributed by atoms with E-state index in [1.165, 1.54) is 0 Å². The fourth-order valence-corrected chi connectivity index (χ4v) is 3.24. The molecule has 0 unspecified atom stereocenters. The standard InChI is InChI=1S/C21H18O2.C5H4F8O4S/c1-15-8-9-16(2)20(14-15)21(22)17-10-12-19(13-11-17)23-18-6-4-3-5-7-18;1-2(6,7)3(8,9)17-4(10,11)5(12,13)18(14,15)16/h3-14H,1-2H3;1H3,(H,14,15,16). The van der Waals surface area contributed by atoms with Crippen molar-refractivity contribution in [2.75, 3.05) is 0 Å². The molecule has 41 heavy (non-hydrogen) atoms. The number of carbonyl (C=O) groups excluding carboxylic acids is 1. The molecule has 0 aliphatic carbocycles. The summed E-state index contributed by atoms with van der Waals surface area (Å²) in [6, 6.07) is 22.8. The number of benzene rings is 3. The Morgan fingerprint density at radius 2 is 1.27 bits per heavy atom. The van der Waals surface area contributed by atoms with Gasteiger partial charge in [-0.05, 0) is 61.9 Å². The molecule has 224 valence electrons. The Kier molecular flexibility index (Phi) is 9.95. The predicted octanol–water partition coefficient (Wildman–Crippen LogP) is 7.65. The van der Waals surface area contributed by atoms with Gasteiger partial charge in [0.05, 0.1) is 0 Å². The summed E-state index contributed by atoms with van der Waals surface area (Å²) in [7, 11) is -6.86. The zero-order chi connectivity index (χ0) is 31.4. The van der Waals surface area contributed by atoms with E-state index in [4.69, 9.17) is 9.29 Å². The second-order valence-corrected chi connectivity index (χ2v) is 10.1. The van der Waals surface area contributed by atoms with Crippen molar-refractivity contribution in [3.05, 3.63) is 95.1 Å². The first-order valence-corrected chi connectivity index (χ1v) is 12.7. The molecule has 0 aromatic heterocycles. The van der Waals surface area contributed by atoms with E-state index in [0.717, 1.165) is 22.4 Å². The molecule has 3 rings (SSSR count). The molecule has 0 aliphatic heterocycles. The van der Waals surface area contributed by atoms with Crippen molar-refractivity contribution in [1.29, 1.82) is 0 Å². The third-order valence-corrected chi connectivity index (χ3v) is 6.05. The van der Waals surface area contributed by atoms with Gasteiger partial charge in [0.15, 0.2) is 5.78 Å². The summed E-state index contributed by atoms with van der Waals surface area (Å²) in [5.41, 5.74) is 3.49. The molecule has 1 N–H and O–H groups in total. The highest BCUT2D eigenvalue weighted by atomic mass is 32.2. The minimum absolute atomic E-state index is 0.0393. The Bertz CT molecular complexity index is 1460. The number of hydrogen-bond acceptors (Lipinski definition) is 5. The molecular weight excluding hydrogens is 592 g/mol. The number of para-hydroxylation sites is 1. The Labute approximate surface area is 229 Å². The number of halogens is 8. The van der Waals surface area contributed by atoms with Crippen LogP contribution in [0.1, 0.15) is 34.0 Å². The summed E-state index contributed by atoms with van der Waals surface area (Å²) in [6.07, 6.45) is -12.7. The number of hydrogen-bond donors (Lipinski definition) is 1. The van der Waals surface area contributed by atoms with Crippen LogP contribution in [0, 0.1) is 13.8 Å². The number of aryl methyl sites for hydroxylation is 2. The van der Waals surface area contributed by atoms with Crippen molar-refractivity contribution >= 4 is 15.9 Å². The van der Waals surface area contributed by atoms with Gasteiger partial charge in [0.2, 0.25) is 0 Å². The summed E-state index contributed by atoms with van der Waals surface area (Å²) in [6.45, 7) is 3.32. The van der Waals surface area contributed by atoms with Crippen molar-refractivity contribution in [3.8, 4) is 11.5 Å². The first-order valence-electron chi connectivity index (χ1n) is 11.2. The summed E-state index contributed by atoms with van der Waals surface area (Å²) < 4.78 is 133. The van der Waals surface area contributed by atoms with E-state index >= 15 is 0 Å². The minimum Gasteiger partial charge on any atom is -0.457 e. The second kappa shape index (κ2) is 12.1. The van der Waals surface area contributed by atoms with Crippen LogP contribution in [0.5, 0.6) is 11.5 Å². The Hall–Kier alpha value is -3.56. The highest BCUT2D eigenvalue weighted by molar-refractivity contribution is 7.86. The second-order valence-electron chi connectivity index (χ2n) is 8.60. The summed E-state index contributed by atoms with van der Waals surface area (Å²) in [4.78, 5) is 12.6. The van der Waals surface area contributed by atoms with Gasteiger partial charge < -0.3 is 4.74 Å². The van der Waals surface area contributed by atoms with E-state index in [9.17, 15) is 48.3 Å². The van der Waals surface area contributed by atoms with Crippen molar-refractivity contribution in [3.63, 3.8) is 0 Å². The highest BCUT2D eigenvalue weighted by Gasteiger charge is 2.73. The van der Waals surface area contributed by atoms with Crippen LogP contribution in [0.15, 0.2) is 72.8 Å². The molecule has 0 radical (unpaired) electrons. The third-order valence-electron chi connectivity index (χ3n) is 5.16. The van der Waals surface area contributed by atoms with Crippen LogP contribution < -0.4 is 4.74 Å². The van der Waals surface area contributed by atoms with Gasteiger partial charge >= 0.3 is 33.5 Å². The number of ketones is 1. The monoisotopic (exact) mass is 614 g/mol. The van der Waals surface area contributed by atoms with E-state index in [2.05, 4.69) is 0 Å². The Morgan fingerprint density at radius 1 is 0.756 bits per heavy atom. The number of rotatable bonds is 9. The fraction of sp³-hybridized carbons (Fsp3) is 0.269. The topological polar surface area (TPSA) is 89.9 Å². The molecule has 0 atom stereocenters. The normalized spacial score (nSPS) is 12.8. The minimum atomic E-state index is -6.86. The molecule has 0 bridgehead atoms. The largest absolute Gasteiger partial charge is 0.460 e. The van der Waals surface area contributed by atoms with E-state index in [-0.39, 0.29) is 5.78 Å². The number of ether oxygens (including phenoxy) is 2. The van der Waals surface area contributed by atoms with Gasteiger partial charge in [0.25, 0.3) is 0 Å². The average molecular weight is 615 g/mol. The zero-order valence-corrected chi connectivity index (χ0v) is 22.2. The van der Waals surface area contributed by atoms with Crippen molar-refractivity contribution in [1.82, 2.24) is 0 Å². The van der Waals surface area contributed by atoms with E-state index in [1.807, 2.05) is 91.4 Å². The van der Waals surface area contributed by atoms with E-state index in [0.29, 0.717) is 11.3 Å². The molecule has 3 aromatic rings. The van der Waals surface area contributed by atoms with Crippen LogP contribution >= 0.6 is 0 Å². The molecule has 0 spiro atoms. The Morgan fingerprint density at radius 3 is 1.76 bits per heavy atom. The Balaban J connectivity index is 0.000000298. The fourth-order valence-electron chi connectivity index (χ4n) is 2.90. The average Bonchev–Trinajstić information content (AvgIpc) is 2.84. The van der Waals surface area contributed by atoms with Gasteiger partial charge in [0, 0.05) is 18.1 Å². The molecule has 0 heterocycles. The molecular formula is C26H22F8O6S. The lowest BCUT2D eigenvalue weighted by Crippen LogP contribution is -2.55. The lowest BCUT2D eigenvalue weighted by Gasteiger charge is -2.29. The maximum absolute atomic E-state index is 12.6. The van der Waals surface area contributed by atoms with Crippen LogP contribution in [0.25, 0.3) is 0 Å². The first-order chi connectivity index (χ1) is 18.6. The molecule has 0 aliphatic rings. The van der Waals surface area contributed by atoms with E-state index in [1.54, 1.807) is 0 Å². The molecule has 0 fully saturated rings. The highest BCUT2D eigenvalue weighted by Crippen LogP contribution is 2.46. The van der Waals surface area contributed by atoms with Gasteiger partial charge in [-0.2, -0.15) is 43.5 Å². The van der Waals surface area contributed by atoms with Crippen LogP contribution in [-0.2, 0) is 14.9 Å². The zero-order valence-electron chi connectivity index (χ0n) is 21.3. The first kappa shape index (κ1) is 33.6. The van der Waals surface area contributed by atoms with E-state index < -0.39 is 40.4 Å². The lowest BCUT2D eigenvalue weighted by molar-refractivity contribution is -0.453. The molecule has 15 heteroatoms. The molecule has 0 amide bonds. The maximum atomic E-state index is 12.6. The van der Waals surface area contributed by atoms with Gasteiger partial charge in [-0.3, -0.25) is 9.35 Å². The van der Waals surface area contributed by atoms with Crippen molar-refractivity contribution in [2.45, 2.75) is 44.2 Å². The lowest BCUT2D eigenvalue weighted by atomic mass is 9.97. The van der Waals surface area contributed by atoms with Crippen LogP contribution in [0.2, 0.25) is 0 Å². The maximum Gasteiger partial charge on any atom is 0.460 e. The molecule has 6 nitrogen and oxygen atoms in total. The van der Waals surface area contributed by atoms with Crippen LogP contribution in [-0.4, -0.2) is 42.1 Å². The quantitative estimate of drug-likeness (QED) is 0.151. The molecule has 3 aromatic carbocycles. The van der Waals surface area contributed by atoms with Gasteiger partial charge in [0.1, 0.15) is 11.5 Å². The molecule has 0 saturated heterocycles. The summed E-state index contributed by atoms with van der Waals surface area (Å²) in [5, 5.41) is -6.53. The van der Waals surface area contributed by atoms with Crippen molar-refractivity contribution in [2.24, 2.45) is 0 Å². The predicted molar refractivity (Wildman–Crippen MR) is 130 cm³/mol. The summed E-state index contributed by atoms with van der Waals surface area (Å²) in [5.74, 6) is -3.77. The SMILES string of the molecule is CC(F)(F)C(F)(F)OC(F)(F)C(F)(F)S(=O)(=O)O.Cc1ccc(C)c(C(=O)c2ccc(Oc3ccccc3)cc2)c1. The van der Waals surface area contributed by atoms with Gasteiger partial charge in [-0.1, -0.05) is 35.9 Å². The van der Waals surface area contributed by atoms with Gasteiger partial charge in [-0.25, -0.2) is 4.74 Å². The summed E-state index contributed by atoms with van der Waals surface area (Å²) >= 11 is 0.